The zero-order valence-corrected chi connectivity index (χ0v) is 12.9. The lowest BCUT2D eigenvalue weighted by molar-refractivity contribution is 0.613. The molecule has 0 nitrogen and oxygen atoms in total. The maximum atomic E-state index is 13.9. The van der Waals surface area contributed by atoms with Crippen LogP contribution >= 0.6 is 11.8 Å². The molecule has 0 saturated carbocycles. The molecular formula is C18H19FS. The zero-order valence-electron chi connectivity index (χ0n) is 12.1. The van der Waals surface area contributed by atoms with Gasteiger partial charge in [0.2, 0.25) is 0 Å². The van der Waals surface area contributed by atoms with Crippen molar-refractivity contribution in [2.75, 3.05) is 6.26 Å². The number of thioether (sulfide) groups is 1. The van der Waals surface area contributed by atoms with Gasteiger partial charge in [-0.05, 0) is 53.5 Å². The van der Waals surface area contributed by atoms with E-state index in [9.17, 15) is 4.39 Å². The van der Waals surface area contributed by atoms with Gasteiger partial charge in [-0.15, -0.1) is 0 Å². The van der Waals surface area contributed by atoms with Crippen LogP contribution in [0.4, 0.5) is 4.39 Å². The van der Waals surface area contributed by atoms with Gasteiger partial charge < -0.3 is 0 Å². The number of hydrogen-bond donors (Lipinski definition) is 0. The predicted octanol–water partition coefficient (Wildman–Crippen LogP) is 5.25. The Kier molecular flexibility index (Phi) is 3.59. The van der Waals surface area contributed by atoms with Gasteiger partial charge in [0, 0.05) is 11.2 Å². The molecule has 1 unspecified atom stereocenters. The van der Waals surface area contributed by atoms with E-state index in [0.29, 0.717) is 11.2 Å². The van der Waals surface area contributed by atoms with E-state index in [2.05, 4.69) is 37.4 Å². The maximum Gasteiger partial charge on any atom is 0.126 e. The quantitative estimate of drug-likeness (QED) is 0.690. The van der Waals surface area contributed by atoms with Crippen molar-refractivity contribution in [2.24, 2.45) is 0 Å². The fourth-order valence-electron chi connectivity index (χ4n) is 3.30. The molecule has 104 valence electrons. The Morgan fingerprint density at radius 3 is 2.45 bits per heavy atom. The lowest BCUT2D eigenvalue weighted by atomic mass is 9.88. The highest BCUT2D eigenvalue weighted by Crippen LogP contribution is 2.43. The molecule has 0 spiro atoms. The number of rotatable bonds is 1. The van der Waals surface area contributed by atoms with Gasteiger partial charge in [-0.25, -0.2) is 4.39 Å². The van der Waals surface area contributed by atoms with E-state index in [-0.39, 0.29) is 5.82 Å². The largest absolute Gasteiger partial charge is 0.207 e. The van der Waals surface area contributed by atoms with Crippen molar-refractivity contribution in [2.45, 2.75) is 31.4 Å². The normalized spacial score (nSPS) is 21.0. The van der Waals surface area contributed by atoms with Gasteiger partial charge in [0.1, 0.15) is 5.82 Å². The highest BCUT2D eigenvalue weighted by Gasteiger charge is 2.27. The molecule has 0 fully saturated rings. The molecule has 0 amide bonds. The molecule has 0 saturated heterocycles. The molecule has 1 aliphatic carbocycles. The minimum absolute atomic E-state index is 0.0817. The van der Waals surface area contributed by atoms with Crippen molar-refractivity contribution >= 4 is 11.8 Å². The molecule has 0 heterocycles. The Balaban J connectivity index is 2.25. The third kappa shape index (κ3) is 2.07. The molecule has 20 heavy (non-hydrogen) atoms. The molecule has 0 aliphatic heterocycles. The molecule has 0 aromatic heterocycles. The van der Waals surface area contributed by atoms with Crippen LogP contribution in [0.15, 0.2) is 36.4 Å². The Bertz CT molecular complexity index is 648. The summed E-state index contributed by atoms with van der Waals surface area (Å²) >= 11 is 1.86. The fourth-order valence-corrected chi connectivity index (χ4v) is 4.10. The Hall–Kier alpha value is -1.28. The van der Waals surface area contributed by atoms with Gasteiger partial charge in [-0.2, -0.15) is 11.8 Å². The summed E-state index contributed by atoms with van der Waals surface area (Å²) in [6.45, 7) is 4.14. The van der Waals surface area contributed by atoms with Crippen molar-refractivity contribution in [1.82, 2.24) is 0 Å². The van der Waals surface area contributed by atoms with E-state index >= 15 is 0 Å². The van der Waals surface area contributed by atoms with Crippen LogP contribution in [0.3, 0.4) is 0 Å². The van der Waals surface area contributed by atoms with Crippen LogP contribution in [0.25, 0.3) is 0 Å². The Morgan fingerprint density at radius 1 is 1.05 bits per heavy atom. The second-order valence-corrected chi connectivity index (χ2v) is 6.56. The molecule has 0 radical (unpaired) electrons. The summed E-state index contributed by atoms with van der Waals surface area (Å²) in [5.41, 5.74) is 6.10. The second kappa shape index (κ2) is 5.25. The van der Waals surface area contributed by atoms with Gasteiger partial charge in [0.05, 0.1) is 0 Å². The molecule has 2 aromatic rings. The molecular weight excluding hydrogens is 267 g/mol. The van der Waals surface area contributed by atoms with Gasteiger partial charge in [0.15, 0.2) is 0 Å². The maximum absolute atomic E-state index is 13.9. The summed E-state index contributed by atoms with van der Waals surface area (Å²) < 4.78 is 13.9. The topological polar surface area (TPSA) is 0 Å². The number of fused-ring (bicyclic) bond motifs is 2. The molecule has 2 heteroatoms. The monoisotopic (exact) mass is 286 g/mol. The van der Waals surface area contributed by atoms with Gasteiger partial charge in [0.25, 0.3) is 0 Å². The van der Waals surface area contributed by atoms with Crippen LogP contribution in [-0.2, 0) is 6.42 Å². The molecule has 2 atom stereocenters. The van der Waals surface area contributed by atoms with Crippen LogP contribution < -0.4 is 0 Å². The standard InChI is InChI=1S/C18H19FS/c1-11-13-6-4-5-7-15(13)18(20-3)10-16-12(2)17(19)9-8-14(11)16/h4-9,11,18H,10H2,1-3H3/t11-,18?/m1/s1. The van der Waals surface area contributed by atoms with Gasteiger partial charge in [-0.3, -0.25) is 0 Å². The average molecular weight is 286 g/mol. The van der Waals surface area contributed by atoms with E-state index in [0.717, 1.165) is 12.0 Å². The lowest BCUT2D eigenvalue weighted by Gasteiger charge is -2.17. The first-order chi connectivity index (χ1) is 9.63. The lowest BCUT2D eigenvalue weighted by Crippen LogP contribution is -2.02. The van der Waals surface area contributed by atoms with E-state index in [1.165, 1.54) is 22.3 Å². The molecule has 1 aliphatic rings. The van der Waals surface area contributed by atoms with Crippen molar-refractivity contribution in [3.05, 3.63) is 70.0 Å². The summed E-state index contributed by atoms with van der Waals surface area (Å²) in [4.78, 5) is 0. The highest BCUT2D eigenvalue weighted by molar-refractivity contribution is 7.98. The minimum Gasteiger partial charge on any atom is -0.207 e. The summed E-state index contributed by atoms with van der Waals surface area (Å²) in [5, 5.41) is 0.412. The first-order valence-electron chi connectivity index (χ1n) is 7.03. The highest BCUT2D eigenvalue weighted by atomic mass is 32.2. The third-order valence-corrected chi connectivity index (χ3v) is 5.51. The molecule has 2 aromatic carbocycles. The fraction of sp³-hybridized carbons (Fsp3) is 0.333. The van der Waals surface area contributed by atoms with E-state index in [4.69, 9.17) is 0 Å². The summed E-state index contributed by atoms with van der Waals surface area (Å²) in [6, 6.07) is 12.3. The first kappa shape index (κ1) is 13.7. The Labute approximate surface area is 124 Å². The van der Waals surface area contributed by atoms with Crippen molar-refractivity contribution in [3.8, 4) is 0 Å². The van der Waals surface area contributed by atoms with E-state index in [1.54, 1.807) is 6.07 Å². The summed E-state index contributed by atoms with van der Waals surface area (Å²) in [6.07, 6.45) is 3.06. The van der Waals surface area contributed by atoms with Crippen molar-refractivity contribution < 1.29 is 4.39 Å². The number of halogens is 1. The predicted molar refractivity (Wildman–Crippen MR) is 85.1 cm³/mol. The van der Waals surface area contributed by atoms with Gasteiger partial charge in [-0.1, -0.05) is 37.3 Å². The van der Waals surface area contributed by atoms with E-state index < -0.39 is 0 Å². The number of hydrogen-bond acceptors (Lipinski definition) is 1. The SMILES string of the molecule is CSC1Cc2c(ccc(F)c2C)[C@H](C)c2ccccc21. The minimum atomic E-state index is -0.0817. The Morgan fingerprint density at radius 2 is 1.75 bits per heavy atom. The summed E-state index contributed by atoms with van der Waals surface area (Å²) in [5.74, 6) is 0.249. The second-order valence-electron chi connectivity index (χ2n) is 5.52. The van der Waals surface area contributed by atoms with E-state index in [1.807, 2.05) is 24.8 Å². The molecule has 0 N–H and O–H groups in total. The van der Waals surface area contributed by atoms with Crippen molar-refractivity contribution in [3.63, 3.8) is 0 Å². The van der Waals surface area contributed by atoms with Crippen LogP contribution in [0, 0.1) is 12.7 Å². The summed E-state index contributed by atoms with van der Waals surface area (Å²) in [7, 11) is 0. The smallest absolute Gasteiger partial charge is 0.126 e. The number of benzene rings is 2. The van der Waals surface area contributed by atoms with Crippen molar-refractivity contribution in [1.29, 1.82) is 0 Å². The van der Waals surface area contributed by atoms with Crippen LogP contribution in [0.5, 0.6) is 0 Å². The van der Waals surface area contributed by atoms with Crippen LogP contribution in [0.1, 0.15) is 45.9 Å². The van der Waals surface area contributed by atoms with Gasteiger partial charge >= 0.3 is 0 Å². The molecule has 0 bridgehead atoms. The van der Waals surface area contributed by atoms with Crippen LogP contribution in [-0.4, -0.2) is 6.26 Å². The average Bonchev–Trinajstić information content (AvgIpc) is 2.59. The molecule has 3 rings (SSSR count). The third-order valence-electron chi connectivity index (χ3n) is 4.52. The first-order valence-corrected chi connectivity index (χ1v) is 8.31. The van der Waals surface area contributed by atoms with Crippen LogP contribution in [0.2, 0.25) is 0 Å². The zero-order chi connectivity index (χ0) is 14.3.